The quantitative estimate of drug-likeness (QED) is 0.630. The van der Waals surface area contributed by atoms with E-state index in [1.54, 1.807) is 21.9 Å². The first-order valence-corrected chi connectivity index (χ1v) is 12.2. The number of nitrogens with one attached hydrogen (secondary N) is 1. The highest BCUT2D eigenvalue weighted by Gasteiger charge is 2.52. The number of hydrogen-bond acceptors (Lipinski definition) is 5. The maximum atomic E-state index is 13.6. The summed E-state index contributed by atoms with van der Waals surface area (Å²) in [5.41, 5.74) is 1.46. The van der Waals surface area contributed by atoms with Gasteiger partial charge in [0.15, 0.2) is 5.78 Å². The van der Waals surface area contributed by atoms with E-state index in [4.69, 9.17) is 0 Å². The van der Waals surface area contributed by atoms with Gasteiger partial charge in [0.2, 0.25) is 11.8 Å². The Kier molecular flexibility index (Phi) is 8.00. The van der Waals surface area contributed by atoms with Gasteiger partial charge in [-0.25, -0.2) is 0 Å². The number of anilines is 1. The van der Waals surface area contributed by atoms with Crippen molar-refractivity contribution in [3.63, 3.8) is 0 Å². The summed E-state index contributed by atoms with van der Waals surface area (Å²) in [4.78, 5) is 57.3. The topological polar surface area (TPSA) is 90.0 Å². The van der Waals surface area contributed by atoms with Crippen LogP contribution >= 0.6 is 0 Å². The molecule has 1 N–H and O–H groups in total. The Balaban J connectivity index is 1.74. The van der Waals surface area contributed by atoms with Gasteiger partial charge in [-0.15, -0.1) is 0 Å². The average molecular weight is 471 g/mol. The molecule has 0 saturated carbocycles. The van der Waals surface area contributed by atoms with Crippen molar-refractivity contribution in [1.82, 2.24) is 15.1 Å². The Morgan fingerprint density at radius 2 is 1.68 bits per heavy atom. The number of nitrogens with zero attached hydrogens (tertiary/aromatic N) is 3. The van der Waals surface area contributed by atoms with Gasteiger partial charge >= 0.3 is 0 Å². The van der Waals surface area contributed by atoms with E-state index >= 15 is 0 Å². The smallest absolute Gasteiger partial charge is 0.251 e. The van der Waals surface area contributed by atoms with Gasteiger partial charge in [-0.05, 0) is 48.9 Å². The highest BCUT2D eigenvalue weighted by atomic mass is 16.2. The molecule has 2 saturated heterocycles. The number of rotatable bonds is 8. The monoisotopic (exact) mass is 470 g/mol. The molecule has 2 aliphatic heterocycles. The molecular weight excluding hydrogens is 432 g/mol. The fourth-order valence-corrected chi connectivity index (χ4v) is 4.90. The molecule has 0 radical (unpaired) electrons. The van der Waals surface area contributed by atoms with Gasteiger partial charge in [-0.3, -0.25) is 19.2 Å². The number of Topliss-reactive ketones (excluding diaryl/α,β-unsaturated/α-hetero) is 1. The fraction of sp³-hybridized carbons (Fsp3) is 0.615. The lowest BCUT2D eigenvalue weighted by atomic mass is 10.0. The van der Waals surface area contributed by atoms with Crippen LogP contribution in [-0.4, -0.2) is 78.6 Å². The van der Waals surface area contributed by atoms with E-state index in [0.717, 1.165) is 5.69 Å². The Bertz CT molecular complexity index is 925. The van der Waals surface area contributed by atoms with Gasteiger partial charge < -0.3 is 20.0 Å². The van der Waals surface area contributed by atoms with Gasteiger partial charge in [0.25, 0.3) is 5.91 Å². The largest absolute Gasteiger partial charge is 0.378 e. The molecule has 8 heteroatoms. The zero-order valence-electron chi connectivity index (χ0n) is 21.2. The van der Waals surface area contributed by atoms with Crippen LogP contribution in [0, 0.1) is 11.8 Å². The number of fused-ring (bicyclic) bond motifs is 1. The maximum absolute atomic E-state index is 13.6. The van der Waals surface area contributed by atoms with Crippen LogP contribution in [0.4, 0.5) is 5.69 Å². The molecule has 3 amide bonds. The Labute approximate surface area is 202 Å². The second kappa shape index (κ2) is 10.6. The zero-order valence-corrected chi connectivity index (χ0v) is 21.2. The minimum absolute atomic E-state index is 0.0293. The molecule has 0 aromatic heterocycles. The van der Waals surface area contributed by atoms with E-state index in [1.165, 1.54) is 0 Å². The minimum atomic E-state index is -0.729. The third-order valence-electron chi connectivity index (χ3n) is 6.57. The molecular formula is C26H38N4O4. The third kappa shape index (κ3) is 5.59. The Morgan fingerprint density at radius 3 is 2.24 bits per heavy atom. The molecule has 1 aromatic carbocycles. The van der Waals surface area contributed by atoms with Crippen molar-refractivity contribution in [2.24, 2.45) is 11.8 Å². The van der Waals surface area contributed by atoms with Crippen molar-refractivity contribution in [2.75, 3.05) is 32.1 Å². The number of carbonyl (C=O) groups excluding carboxylic acids is 4. The van der Waals surface area contributed by atoms with Crippen LogP contribution in [0.1, 0.15) is 57.3 Å². The first kappa shape index (κ1) is 25.7. The Morgan fingerprint density at radius 1 is 1.03 bits per heavy atom. The van der Waals surface area contributed by atoms with E-state index < -0.39 is 12.1 Å². The second-order valence-electron chi connectivity index (χ2n) is 10.5. The highest BCUT2D eigenvalue weighted by Crippen LogP contribution is 2.31. The van der Waals surface area contributed by atoms with E-state index in [0.29, 0.717) is 31.4 Å². The molecule has 0 spiro atoms. The summed E-state index contributed by atoms with van der Waals surface area (Å²) in [6.45, 7) is 8.42. The number of likely N-dealkylation sites (tertiary alicyclic amines) is 2. The van der Waals surface area contributed by atoms with Crippen molar-refractivity contribution in [2.45, 2.75) is 65.1 Å². The van der Waals surface area contributed by atoms with Crippen LogP contribution in [0.5, 0.6) is 0 Å². The third-order valence-corrected chi connectivity index (χ3v) is 6.57. The van der Waals surface area contributed by atoms with Crippen molar-refractivity contribution in [3.05, 3.63) is 29.8 Å². The molecule has 8 nitrogen and oxygen atoms in total. The predicted octanol–water partition coefficient (Wildman–Crippen LogP) is 2.32. The van der Waals surface area contributed by atoms with Gasteiger partial charge in [-0.2, -0.15) is 0 Å². The molecule has 3 atom stereocenters. The van der Waals surface area contributed by atoms with Crippen LogP contribution in [0.25, 0.3) is 0 Å². The molecule has 0 bridgehead atoms. The van der Waals surface area contributed by atoms with E-state index in [2.05, 4.69) is 5.32 Å². The summed E-state index contributed by atoms with van der Waals surface area (Å²) in [5.74, 6) is -0.303. The summed E-state index contributed by atoms with van der Waals surface area (Å²) in [7, 11) is 3.86. The van der Waals surface area contributed by atoms with Gasteiger partial charge in [0.1, 0.15) is 12.1 Å². The highest BCUT2D eigenvalue weighted by molar-refractivity contribution is 6.01. The second-order valence-corrected chi connectivity index (χ2v) is 10.5. The van der Waals surface area contributed by atoms with Crippen LogP contribution in [0.3, 0.4) is 0 Å². The number of carbonyl (C=O) groups is 4. The molecule has 1 unspecified atom stereocenters. The number of ketones is 1. The SMILES string of the molecule is CC(C)CC(=O)N1CC(=O)[C@@H]2C1CCN2C(=O)[C@H](CC(C)C)NC(=O)c1ccc(N(C)C)cc1. The normalized spacial score (nSPS) is 20.6. The molecule has 0 aliphatic carbocycles. The molecule has 34 heavy (non-hydrogen) atoms. The molecule has 2 aliphatic rings. The average Bonchev–Trinajstić information content (AvgIpc) is 3.33. The standard InChI is InChI=1S/C26H38N4O4/c1-16(2)13-20(27-25(33)18-7-9-19(10-8-18)28(5)6)26(34)29-12-11-21-24(29)22(31)15-30(21)23(32)14-17(3)4/h7-10,16-17,20-21,24H,11-15H2,1-6H3,(H,27,33)/t20-,21?,24-/m0/s1. The molecule has 2 fully saturated rings. The van der Waals surface area contributed by atoms with Crippen LogP contribution in [0.2, 0.25) is 0 Å². The predicted molar refractivity (Wildman–Crippen MR) is 132 cm³/mol. The van der Waals surface area contributed by atoms with E-state index in [-0.39, 0.29) is 47.9 Å². The Hall–Kier alpha value is -2.90. The van der Waals surface area contributed by atoms with Gasteiger partial charge in [0, 0.05) is 38.3 Å². The molecule has 1 aromatic rings. The lowest BCUT2D eigenvalue weighted by Crippen LogP contribution is -2.53. The van der Waals surface area contributed by atoms with E-state index in [9.17, 15) is 19.2 Å². The lowest BCUT2D eigenvalue weighted by Gasteiger charge is -2.29. The van der Waals surface area contributed by atoms with Crippen molar-refractivity contribution in [3.8, 4) is 0 Å². The summed E-state index contributed by atoms with van der Waals surface area (Å²) in [6, 6.07) is 5.59. The lowest BCUT2D eigenvalue weighted by molar-refractivity contribution is -0.138. The van der Waals surface area contributed by atoms with Crippen LogP contribution in [-0.2, 0) is 14.4 Å². The molecule has 3 rings (SSSR count). The number of hydrogen-bond donors (Lipinski definition) is 1. The van der Waals surface area contributed by atoms with Crippen molar-refractivity contribution < 1.29 is 19.2 Å². The summed E-state index contributed by atoms with van der Waals surface area (Å²) in [6.07, 6.45) is 1.45. The first-order valence-electron chi connectivity index (χ1n) is 12.2. The number of benzene rings is 1. The molecule has 2 heterocycles. The number of amides is 3. The van der Waals surface area contributed by atoms with Gasteiger partial charge in [0.05, 0.1) is 12.6 Å². The van der Waals surface area contributed by atoms with Crippen molar-refractivity contribution >= 4 is 29.2 Å². The van der Waals surface area contributed by atoms with E-state index in [1.807, 2.05) is 58.8 Å². The fourth-order valence-electron chi connectivity index (χ4n) is 4.90. The van der Waals surface area contributed by atoms with Crippen molar-refractivity contribution in [1.29, 1.82) is 0 Å². The maximum Gasteiger partial charge on any atom is 0.251 e. The molecule has 186 valence electrons. The summed E-state index contributed by atoms with van der Waals surface area (Å²) >= 11 is 0. The zero-order chi connectivity index (χ0) is 25.2. The first-order chi connectivity index (χ1) is 16.0. The van der Waals surface area contributed by atoms with Crippen LogP contribution < -0.4 is 10.2 Å². The summed E-state index contributed by atoms with van der Waals surface area (Å²) in [5, 5.41) is 2.91. The van der Waals surface area contributed by atoms with Gasteiger partial charge in [-0.1, -0.05) is 27.7 Å². The van der Waals surface area contributed by atoms with Crippen LogP contribution in [0.15, 0.2) is 24.3 Å². The minimum Gasteiger partial charge on any atom is -0.378 e. The summed E-state index contributed by atoms with van der Waals surface area (Å²) < 4.78 is 0.